The van der Waals surface area contributed by atoms with Crippen LogP contribution in [0.2, 0.25) is 0 Å². The predicted molar refractivity (Wildman–Crippen MR) is 72.5 cm³/mol. The van der Waals surface area contributed by atoms with E-state index in [2.05, 4.69) is 44.3 Å². The Bertz CT molecular complexity index is 433. The Morgan fingerprint density at radius 1 is 1.35 bits per heavy atom. The van der Waals surface area contributed by atoms with E-state index < -0.39 is 0 Å². The lowest BCUT2D eigenvalue weighted by molar-refractivity contribution is 0.382. The van der Waals surface area contributed by atoms with Crippen LogP contribution in [-0.4, -0.2) is 6.54 Å². The van der Waals surface area contributed by atoms with Crippen molar-refractivity contribution in [2.75, 3.05) is 6.54 Å². The number of nitrogens with one attached hydrogen (secondary N) is 1. The molecule has 2 aliphatic rings. The molecule has 0 saturated carbocycles. The molecular weight excluding hydrogens is 206 g/mol. The summed E-state index contributed by atoms with van der Waals surface area (Å²) >= 11 is 0. The Morgan fingerprint density at radius 3 is 2.94 bits per heavy atom. The molecule has 2 aliphatic carbocycles. The maximum Gasteiger partial charge on any atom is 0.0328 e. The normalized spacial score (nSPS) is 29.1. The van der Waals surface area contributed by atoms with Crippen LogP contribution in [0.4, 0.5) is 0 Å². The average Bonchev–Trinajstić information content (AvgIpc) is 2.65. The molecule has 1 aromatic carbocycles. The van der Waals surface area contributed by atoms with Crippen molar-refractivity contribution in [2.24, 2.45) is 0 Å². The van der Waals surface area contributed by atoms with E-state index in [0.717, 1.165) is 12.5 Å². The zero-order valence-electron chi connectivity index (χ0n) is 11.2. The van der Waals surface area contributed by atoms with Gasteiger partial charge in [-0.25, -0.2) is 0 Å². The van der Waals surface area contributed by atoms with Crippen molar-refractivity contribution >= 4 is 0 Å². The van der Waals surface area contributed by atoms with E-state index in [1.165, 1.54) is 19.3 Å². The summed E-state index contributed by atoms with van der Waals surface area (Å²) < 4.78 is 0. The summed E-state index contributed by atoms with van der Waals surface area (Å²) in [6, 6.07) is 7.56. The van der Waals surface area contributed by atoms with Crippen molar-refractivity contribution in [2.45, 2.75) is 57.4 Å². The molecular formula is C16H23N. The molecule has 2 unspecified atom stereocenters. The smallest absolute Gasteiger partial charge is 0.0328 e. The monoisotopic (exact) mass is 229 g/mol. The van der Waals surface area contributed by atoms with Crippen LogP contribution < -0.4 is 5.32 Å². The lowest BCUT2D eigenvalue weighted by Gasteiger charge is -2.35. The van der Waals surface area contributed by atoms with Crippen molar-refractivity contribution in [3.8, 4) is 0 Å². The van der Waals surface area contributed by atoms with Gasteiger partial charge in [0, 0.05) is 6.04 Å². The predicted octanol–water partition coefficient (Wildman–Crippen LogP) is 3.90. The molecule has 0 spiro atoms. The summed E-state index contributed by atoms with van der Waals surface area (Å²) in [4.78, 5) is 0. The summed E-state index contributed by atoms with van der Waals surface area (Å²) in [5.41, 5.74) is 5.27. The highest BCUT2D eigenvalue weighted by Gasteiger charge is 2.39. The van der Waals surface area contributed by atoms with Crippen LogP contribution in [0.25, 0.3) is 0 Å². The minimum atomic E-state index is 0.378. The Balaban J connectivity index is 2.10. The fourth-order valence-corrected chi connectivity index (χ4v) is 3.83. The number of benzene rings is 1. The second kappa shape index (κ2) is 3.84. The van der Waals surface area contributed by atoms with Gasteiger partial charge in [-0.1, -0.05) is 39.0 Å². The number of rotatable bonds is 2. The molecule has 1 nitrogen and oxygen atoms in total. The second-order valence-corrected chi connectivity index (χ2v) is 6.27. The molecule has 0 amide bonds. The van der Waals surface area contributed by atoms with Crippen LogP contribution in [0.15, 0.2) is 18.2 Å². The zero-order valence-corrected chi connectivity index (χ0v) is 11.2. The molecule has 92 valence electrons. The first kappa shape index (κ1) is 11.3. The third kappa shape index (κ3) is 1.63. The van der Waals surface area contributed by atoms with Crippen LogP contribution in [0.1, 0.15) is 68.7 Å². The van der Waals surface area contributed by atoms with Crippen LogP contribution >= 0.6 is 0 Å². The van der Waals surface area contributed by atoms with Crippen molar-refractivity contribution in [3.05, 3.63) is 34.9 Å². The van der Waals surface area contributed by atoms with Gasteiger partial charge in [-0.15, -0.1) is 0 Å². The summed E-state index contributed by atoms with van der Waals surface area (Å²) in [7, 11) is 0. The van der Waals surface area contributed by atoms with Crippen molar-refractivity contribution in [1.29, 1.82) is 0 Å². The van der Waals surface area contributed by atoms with Crippen LogP contribution in [-0.2, 0) is 5.41 Å². The van der Waals surface area contributed by atoms with E-state index in [0.29, 0.717) is 11.5 Å². The maximum atomic E-state index is 3.65. The lowest BCUT2D eigenvalue weighted by Crippen LogP contribution is -2.25. The summed E-state index contributed by atoms with van der Waals surface area (Å²) in [5, 5.41) is 3.65. The number of hydrogen-bond donors (Lipinski definition) is 1. The molecule has 3 rings (SSSR count). The van der Waals surface area contributed by atoms with Gasteiger partial charge in [0.15, 0.2) is 0 Å². The highest BCUT2D eigenvalue weighted by atomic mass is 14.9. The van der Waals surface area contributed by atoms with Gasteiger partial charge in [0.25, 0.3) is 0 Å². The first-order valence-corrected chi connectivity index (χ1v) is 7.00. The summed E-state index contributed by atoms with van der Waals surface area (Å²) in [6.45, 7) is 8.09. The highest BCUT2D eigenvalue weighted by molar-refractivity contribution is 5.48. The van der Waals surface area contributed by atoms with E-state index >= 15 is 0 Å². The van der Waals surface area contributed by atoms with E-state index in [-0.39, 0.29) is 0 Å². The van der Waals surface area contributed by atoms with E-state index in [1.54, 1.807) is 16.7 Å². The van der Waals surface area contributed by atoms with Gasteiger partial charge in [0.05, 0.1) is 0 Å². The molecule has 2 atom stereocenters. The molecule has 0 saturated heterocycles. The standard InChI is InChI=1S/C16H23N/c1-4-17-14-10-11-8-9-16(2,3)13-7-5-6-12(14)15(11)13/h5-7,11,14,17H,4,8-10H2,1-3H3. The molecule has 1 heteroatoms. The van der Waals surface area contributed by atoms with Gasteiger partial charge >= 0.3 is 0 Å². The molecule has 0 heterocycles. The fourth-order valence-electron chi connectivity index (χ4n) is 3.83. The topological polar surface area (TPSA) is 12.0 Å². The fraction of sp³-hybridized carbons (Fsp3) is 0.625. The molecule has 17 heavy (non-hydrogen) atoms. The van der Waals surface area contributed by atoms with Gasteiger partial charge < -0.3 is 5.32 Å². The average molecular weight is 229 g/mol. The summed E-state index contributed by atoms with van der Waals surface area (Å²) in [5.74, 6) is 0.818. The van der Waals surface area contributed by atoms with Crippen LogP contribution in [0, 0.1) is 0 Å². The van der Waals surface area contributed by atoms with Crippen molar-refractivity contribution < 1.29 is 0 Å². The van der Waals surface area contributed by atoms with E-state index in [9.17, 15) is 0 Å². The molecule has 1 aromatic rings. The molecule has 0 radical (unpaired) electrons. The zero-order chi connectivity index (χ0) is 12.0. The Morgan fingerprint density at radius 2 is 2.18 bits per heavy atom. The van der Waals surface area contributed by atoms with Gasteiger partial charge in [-0.05, 0) is 53.8 Å². The lowest BCUT2D eigenvalue weighted by atomic mass is 9.69. The highest BCUT2D eigenvalue weighted by Crippen LogP contribution is 2.52. The number of hydrogen-bond acceptors (Lipinski definition) is 1. The quantitative estimate of drug-likeness (QED) is 0.811. The molecule has 0 bridgehead atoms. The Kier molecular flexibility index (Phi) is 2.55. The van der Waals surface area contributed by atoms with Crippen LogP contribution in [0.5, 0.6) is 0 Å². The van der Waals surface area contributed by atoms with Gasteiger partial charge in [-0.2, -0.15) is 0 Å². The minimum Gasteiger partial charge on any atom is -0.310 e. The van der Waals surface area contributed by atoms with E-state index in [1.807, 2.05) is 0 Å². The van der Waals surface area contributed by atoms with Crippen LogP contribution in [0.3, 0.4) is 0 Å². The SMILES string of the molecule is CCNC1CC2CCC(C)(C)c3cccc1c32. The largest absolute Gasteiger partial charge is 0.310 e. The molecule has 1 N–H and O–H groups in total. The van der Waals surface area contributed by atoms with Gasteiger partial charge in [-0.3, -0.25) is 0 Å². The molecule has 0 fully saturated rings. The Labute approximate surface area is 105 Å². The molecule has 0 aromatic heterocycles. The van der Waals surface area contributed by atoms with Crippen molar-refractivity contribution in [3.63, 3.8) is 0 Å². The van der Waals surface area contributed by atoms with E-state index in [4.69, 9.17) is 0 Å². The first-order valence-electron chi connectivity index (χ1n) is 7.00. The second-order valence-electron chi connectivity index (χ2n) is 6.27. The molecule has 0 aliphatic heterocycles. The minimum absolute atomic E-state index is 0.378. The maximum absolute atomic E-state index is 3.65. The third-order valence-electron chi connectivity index (χ3n) is 4.74. The first-order chi connectivity index (χ1) is 8.13. The van der Waals surface area contributed by atoms with Crippen molar-refractivity contribution in [1.82, 2.24) is 5.32 Å². The Hall–Kier alpha value is -0.820. The third-order valence-corrected chi connectivity index (χ3v) is 4.74. The van der Waals surface area contributed by atoms with Gasteiger partial charge in [0.1, 0.15) is 0 Å². The summed E-state index contributed by atoms with van der Waals surface area (Å²) in [6.07, 6.45) is 4.03. The van der Waals surface area contributed by atoms with Gasteiger partial charge in [0.2, 0.25) is 0 Å².